The van der Waals surface area contributed by atoms with Crippen LogP contribution in [0.2, 0.25) is 0 Å². The topological polar surface area (TPSA) is 46.6 Å². The lowest BCUT2D eigenvalue weighted by molar-refractivity contribution is -0.130. The molecule has 0 unspecified atom stereocenters. The monoisotopic (exact) mass is 355 g/mol. The molecule has 2 aromatic carbocycles. The van der Waals surface area contributed by atoms with Crippen LogP contribution in [0.25, 0.3) is 6.08 Å². The molecule has 25 heavy (non-hydrogen) atoms. The first-order valence-corrected chi connectivity index (χ1v) is 9.01. The molecule has 130 valence electrons. The molecule has 0 aromatic heterocycles. The summed E-state index contributed by atoms with van der Waals surface area (Å²) in [6.07, 6.45) is 5.35. The second-order valence-corrected chi connectivity index (χ2v) is 6.46. The zero-order chi connectivity index (χ0) is 18.2. The van der Waals surface area contributed by atoms with Gasteiger partial charge < -0.3 is 9.64 Å². The molecule has 2 rings (SSSR count). The molecular formula is C20H21NO3S. The van der Waals surface area contributed by atoms with E-state index in [9.17, 15) is 9.59 Å². The molecule has 0 spiro atoms. The first-order valence-electron chi connectivity index (χ1n) is 7.79. The molecule has 0 bridgehead atoms. The van der Waals surface area contributed by atoms with Gasteiger partial charge in [0.25, 0.3) is 5.91 Å². The van der Waals surface area contributed by atoms with Gasteiger partial charge in [-0.05, 0) is 42.2 Å². The Hall–Kier alpha value is -2.53. The number of allylic oxidation sites excluding steroid dienone is 1. The largest absolute Gasteiger partial charge is 0.484 e. The van der Waals surface area contributed by atoms with Crippen LogP contribution in [0.3, 0.4) is 0 Å². The summed E-state index contributed by atoms with van der Waals surface area (Å²) in [5.41, 5.74) is 1.49. The molecule has 0 saturated carbocycles. The lowest BCUT2D eigenvalue weighted by Crippen LogP contribution is -2.27. The highest BCUT2D eigenvalue weighted by atomic mass is 32.2. The van der Waals surface area contributed by atoms with Crippen molar-refractivity contribution in [1.29, 1.82) is 0 Å². The normalized spacial score (nSPS) is 10.7. The first-order chi connectivity index (χ1) is 12.0. The number of benzene rings is 2. The van der Waals surface area contributed by atoms with Crippen LogP contribution in [0, 0.1) is 0 Å². The predicted octanol–water partition coefficient (Wildman–Crippen LogP) is 3.77. The lowest BCUT2D eigenvalue weighted by Gasteiger charge is -2.11. The molecule has 4 nitrogen and oxygen atoms in total. The van der Waals surface area contributed by atoms with Crippen molar-refractivity contribution in [2.75, 3.05) is 27.0 Å². The van der Waals surface area contributed by atoms with Crippen LogP contribution in [-0.4, -0.2) is 43.5 Å². The van der Waals surface area contributed by atoms with E-state index in [0.29, 0.717) is 11.3 Å². The van der Waals surface area contributed by atoms with E-state index in [4.69, 9.17) is 4.74 Å². The van der Waals surface area contributed by atoms with E-state index in [-0.39, 0.29) is 18.3 Å². The van der Waals surface area contributed by atoms with E-state index in [1.165, 1.54) is 15.9 Å². The van der Waals surface area contributed by atoms with Crippen molar-refractivity contribution in [3.63, 3.8) is 0 Å². The molecule has 0 aliphatic carbocycles. The van der Waals surface area contributed by atoms with Crippen molar-refractivity contribution < 1.29 is 14.3 Å². The van der Waals surface area contributed by atoms with Gasteiger partial charge in [0.2, 0.25) is 0 Å². The SMILES string of the molecule is CSc1ccc(/C=C/C(=O)c2cccc(OCC(=O)N(C)C)c2)cc1. The summed E-state index contributed by atoms with van der Waals surface area (Å²) < 4.78 is 5.44. The minimum atomic E-state index is -0.134. The number of hydrogen-bond donors (Lipinski definition) is 0. The maximum Gasteiger partial charge on any atom is 0.259 e. The number of rotatable bonds is 7. The van der Waals surface area contributed by atoms with Gasteiger partial charge >= 0.3 is 0 Å². The Bertz CT molecular complexity index is 767. The van der Waals surface area contributed by atoms with E-state index >= 15 is 0 Å². The molecule has 1 amide bonds. The third kappa shape index (κ3) is 5.80. The van der Waals surface area contributed by atoms with Crippen LogP contribution in [0.5, 0.6) is 5.75 Å². The quantitative estimate of drug-likeness (QED) is 0.431. The Balaban J connectivity index is 2.02. The van der Waals surface area contributed by atoms with Crippen LogP contribution in [0.1, 0.15) is 15.9 Å². The number of amides is 1. The maximum absolute atomic E-state index is 12.3. The number of carbonyl (C=O) groups excluding carboxylic acids is 2. The fourth-order valence-corrected chi connectivity index (χ4v) is 2.40. The molecule has 0 fully saturated rings. The molecule has 2 aromatic rings. The van der Waals surface area contributed by atoms with Gasteiger partial charge in [0.1, 0.15) is 5.75 Å². The van der Waals surface area contributed by atoms with Crippen LogP contribution in [0.15, 0.2) is 59.5 Å². The minimum Gasteiger partial charge on any atom is -0.484 e. The molecular weight excluding hydrogens is 334 g/mol. The van der Waals surface area contributed by atoms with Crippen molar-refractivity contribution in [1.82, 2.24) is 4.90 Å². The summed E-state index contributed by atoms with van der Waals surface area (Å²) in [4.78, 5) is 26.5. The van der Waals surface area contributed by atoms with Crippen LogP contribution in [-0.2, 0) is 4.79 Å². The van der Waals surface area contributed by atoms with E-state index in [2.05, 4.69) is 0 Å². The summed E-state index contributed by atoms with van der Waals surface area (Å²) in [5, 5.41) is 0. The Labute approximate surface area is 152 Å². The highest BCUT2D eigenvalue weighted by molar-refractivity contribution is 7.98. The molecule has 0 radical (unpaired) electrons. The van der Waals surface area contributed by atoms with Gasteiger partial charge in [-0.2, -0.15) is 0 Å². The average Bonchev–Trinajstić information content (AvgIpc) is 2.64. The van der Waals surface area contributed by atoms with E-state index in [0.717, 1.165) is 5.56 Å². The van der Waals surface area contributed by atoms with Gasteiger partial charge in [0.15, 0.2) is 12.4 Å². The fourth-order valence-electron chi connectivity index (χ4n) is 2.00. The zero-order valence-electron chi connectivity index (χ0n) is 14.6. The van der Waals surface area contributed by atoms with Crippen LogP contribution >= 0.6 is 11.8 Å². The van der Waals surface area contributed by atoms with E-state index in [1.54, 1.807) is 56.2 Å². The van der Waals surface area contributed by atoms with Gasteiger partial charge in [-0.1, -0.05) is 30.3 Å². The van der Waals surface area contributed by atoms with Crippen LogP contribution < -0.4 is 4.74 Å². The van der Waals surface area contributed by atoms with Crippen molar-refractivity contribution in [3.05, 3.63) is 65.7 Å². The predicted molar refractivity (Wildman–Crippen MR) is 102 cm³/mol. The van der Waals surface area contributed by atoms with Crippen molar-refractivity contribution >= 4 is 29.5 Å². The molecule has 0 saturated heterocycles. The molecule has 0 aliphatic rings. The molecule has 0 atom stereocenters. The number of hydrogen-bond acceptors (Lipinski definition) is 4. The van der Waals surface area contributed by atoms with Gasteiger partial charge in [0, 0.05) is 24.6 Å². The van der Waals surface area contributed by atoms with E-state index < -0.39 is 0 Å². The van der Waals surface area contributed by atoms with Crippen molar-refractivity contribution in [2.45, 2.75) is 4.90 Å². The number of ether oxygens (including phenoxy) is 1. The summed E-state index contributed by atoms with van der Waals surface area (Å²) in [5.74, 6) is 0.252. The third-order valence-corrected chi connectivity index (χ3v) is 4.27. The Kier molecular flexibility index (Phi) is 6.83. The van der Waals surface area contributed by atoms with Gasteiger partial charge in [0.05, 0.1) is 0 Å². The Morgan fingerprint density at radius 1 is 1.12 bits per heavy atom. The second kappa shape index (κ2) is 9.08. The third-order valence-electron chi connectivity index (χ3n) is 3.52. The molecule has 0 aliphatic heterocycles. The highest BCUT2D eigenvalue weighted by Gasteiger charge is 2.07. The zero-order valence-corrected chi connectivity index (χ0v) is 15.4. The Morgan fingerprint density at radius 3 is 2.48 bits per heavy atom. The fraction of sp³-hybridized carbons (Fsp3) is 0.200. The Morgan fingerprint density at radius 2 is 1.84 bits per heavy atom. The molecule has 0 heterocycles. The number of nitrogens with zero attached hydrogens (tertiary/aromatic N) is 1. The minimum absolute atomic E-state index is 0.0533. The number of ketones is 1. The summed E-state index contributed by atoms with van der Waals surface area (Å²) in [6.45, 7) is -0.0533. The standard InChI is InChI=1S/C20H21NO3S/c1-21(2)20(23)14-24-17-6-4-5-16(13-17)19(22)12-9-15-7-10-18(25-3)11-8-15/h4-13H,14H2,1-3H3/b12-9+. The lowest BCUT2D eigenvalue weighted by atomic mass is 10.1. The maximum atomic E-state index is 12.3. The smallest absolute Gasteiger partial charge is 0.259 e. The number of carbonyl (C=O) groups is 2. The summed E-state index contributed by atoms with van der Waals surface area (Å²) >= 11 is 1.68. The number of likely N-dealkylation sites (N-methyl/N-ethyl adjacent to an activating group) is 1. The van der Waals surface area contributed by atoms with Crippen molar-refractivity contribution in [2.24, 2.45) is 0 Å². The molecule has 5 heteroatoms. The van der Waals surface area contributed by atoms with Crippen molar-refractivity contribution in [3.8, 4) is 5.75 Å². The summed E-state index contributed by atoms with van der Waals surface area (Å²) in [7, 11) is 3.34. The average molecular weight is 355 g/mol. The molecule has 0 N–H and O–H groups in total. The highest BCUT2D eigenvalue weighted by Crippen LogP contribution is 2.17. The first kappa shape index (κ1) is 18.8. The van der Waals surface area contributed by atoms with Gasteiger partial charge in [-0.3, -0.25) is 9.59 Å². The summed E-state index contributed by atoms with van der Waals surface area (Å²) in [6, 6.07) is 14.8. The van der Waals surface area contributed by atoms with Gasteiger partial charge in [-0.25, -0.2) is 0 Å². The second-order valence-electron chi connectivity index (χ2n) is 5.58. The van der Waals surface area contributed by atoms with Gasteiger partial charge in [-0.15, -0.1) is 11.8 Å². The van der Waals surface area contributed by atoms with Crippen LogP contribution in [0.4, 0.5) is 0 Å². The number of thioether (sulfide) groups is 1. The van der Waals surface area contributed by atoms with E-state index in [1.807, 2.05) is 30.5 Å².